The van der Waals surface area contributed by atoms with Crippen LogP contribution < -0.4 is 0 Å². The molecule has 6 radical (unpaired) electrons. The third-order valence-corrected chi connectivity index (χ3v) is 4.61. The van der Waals surface area contributed by atoms with Gasteiger partial charge in [0.1, 0.15) is 0 Å². The van der Waals surface area contributed by atoms with Gasteiger partial charge in [0.25, 0.3) is 0 Å². The van der Waals surface area contributed by atoms with E-state index in [0.717, 1.165) is 0 Å². The van der Waals surface area contributed by atoms with Crippen molar-refractivity contribution in [3.63, 3.8) is 0 Å². The third-order valence-electron chi connectivity index (χ3n) is 0.734. The number of hydrogen-bond donors (Lipinski definition) is 0. The van der Waals surface area contributed by atoms with Crippen LogP contribution in [0.5, 0.6) is 0 Å². The normalized spacial score (nSPS) is 9.00. The second kappa shape index (κ2) is 26.4. The summed E-state index contributed by atoms with van der Waals surface area (Å²) < 4.78 is 10.4. The maximum Gasteiger partial charge on any atom is 0.307 e. The molecule has 0 aliphatic rings. The first-order valence-electron chi connectivity index (χ1n) is 2.66. The quantitative estimate of drug-likeness (QED) is 0.450. The number of hydrogen-bond acceptors (Lipinski definition) is 2. The third kappa shape index (κ3) is 31.9. The summed E-state index contributed by atoms with van der Waals surface area (Å²) >= 11 is 0. The van der Waals surface area contributed by atoms with Gasteiger partial charge in [0.05, 0.1) is 0 Å². The maximum absolute atomic E-state index is 5.42. The van der Waals surface area contributed by atoms with Crippen LogP contribution in [0.15, 0.2) is 0 Å². The Morgan fingerprint density at radius 1 is 0.923 bits per heavy atom. The summed E-state index contributed by atoms with van der Waals surface area (Å²) in [7, 11) is 0.00694. The molecule has 9 heteroatoms. The molecular formula is C4H13O2Si2Y5. The van der Waals surface area contributed by atoms with E-state index >= 15 is 0 Å². The Labute approximate surface area is 211 Å². The van der Waals surface area contributed by atoms with E-state index in [9.17, 15) is 0 Å². The summed E-state index contributed by atoms with van der Waals surface area (Å²) in [6, 6.07) is 0. The minimum absolute atomic E-state index is 0. The molecule has 0 N–H and O–H groups in total. The van der Waals surface area contributed by atoms with Gasteiger partial charge in [0.2, 0.25) is 0 Å². The summed E-state index contributed by atoms with van der Waals surface area (Å²) in [4.78, 5) is 0. The fourth-order valence-corrected chi connectivity index (χ4v) is 3.42. The summed E-state index contributed by atoms with van der Waals surface area (Å²) in [6.45, 7) is 6.28. The molecule has 0 saturated carbocycles. The van der Waals surface area contributed by atoms with Crippen molar-refractivity contribution in [2.45, 2.75) is 19.6 Å². The van der Waals surface area contributed by atoms with Crippen LogP contribution in [0.1, 0.15) is 0 Å². The van der Waals surface area contributed by atoms with Crippen LogP contribution in [0.25, 0.3) is 0 Å². The van der Waals surface area contributed by atoms with Crippen LogP contribution in [-0.4, -0.2) is 25.4 Å². The van der Waals surface area contributed by atoms with E-state index < -0.39 is 18.3 Å². The van der Waals surface area contributed by atoms with Crippen LogP contribution in [0.3, 0.4) is 0 Å². The Morgan fingerprint density at radius 3 is 1.31 bits per heavy atom. The van der Waals surface area contributed by atoms with Crippen LogP contribution in [0.4, 0.5) is 0 Å². The van der Waals surface area contributed by atoms with Gasteiger partial charge < -0.3 is 8.54 Å². The van der Waals surface area contributed by atoms with Gasteiger partial charge >= 0.3 is 9.28 Å². The summed E-state index contributed by atoms with van der Waals surface area (Å²) in [5.41, 5.74) is 0. The van der Waals surface area contributed by atoms with E-state index in [1.54, 1.807) is 7.11 Å². The second-order valence-corrected chi connectivity index (χ2v) is 6.20. The smallest absolute Gasteiger partial charge is 0.307 e. The van der Waals surface area contributed by atoms with Gasteiger partial charge in [-0.1, -0.05) is 0 Å². The van der Waals surface area contributed by atoms with Crippen molar-refractivity contribution in [1.82, 2.24) is 0 Å². The standard InChI is InChI=1S/C4H13O2Si2.5Y/c1-5-8(4)6-7(2)3;;;;;/h8H,1-4H3;;;;;. The van der Waals surface area contributed by atoms with Gasteiger partial charge in [-0.15, -0.1) is 0 Å². The molecular weight excluding hydrogens is 581 g/mol. The molecule has 1 unspecified atom stereocenters. The minimum atomic E-state index is -1.19. The Morgan fingerprint density at radius 2 is 1.23 bits per heavy atom. The molecule has 0 aromatic rings. The molecule has 0 spiro atoms. The molecule has 0 fully saturated rings. The van der Waals surface area contributed by atoms with Gasteiger partial charge in [0.15, 0.2) is 9.04 Å². The molecule has 0 aliphatic carbocycles. The molecule has 0 heterocycles. The van der Waals surface area contributed by atoms with Crippen molar-refractivity contribution in [2.24, 2.45) is 0 Å². The van der Waals surface area contributed by atoms with Gasteiger partial charge in [-0.3, -0.25) is 0 Å². The molecule has 0 aromatic heterocycles. The SMILES string of the molecule is CO[SiH](C)O[Si](C)C.[Y].[Y].[Y].[Y].[Y]. The molecule has 0 amide bonds. The zero-order valence-corrected chi connectivity index (χ0v) is 25.1. The first-order valence-corrected chi connectivity index (χ1v) is 7.17. The number of rotatable bonds is 3. The van der Waals surface area contributed by atoms with Crippen LogP contribution in [-0.2, 0) is 172 Å². The van der Waals surface area contributed by atoms with Crippen LogP contribution >= 0.6 is 0 Å². The monoisotopic (exact) mass is 594 g/mol. The van der Waals surface area contributed by atoms with Crippen molar-refractivity contribution >= 4 is 18.3 Å². The molecule has 0 bridgehead atoms. The molecule has 0 rings (SSSR count). The molecule has 1 atom stereocenters. The Balaban J connectivity index is -0.0000000245. The van der Waals surface area contributed by atoms with E-state index in [4.69, 9.17) is 8.54 Å². The average molecular weight is 594 g/mol. The topological polar surface area (TPSA) is 18.5 Å². The van der Waals surface area contributed by atoms with Crippen LogP contribution in [0.2, 0.25) is 19.6 Å². The maximum atomic E-state index is 5.42. The second-order valence-electron chi connectivity index (χ2n) is 1.83. The van der Waals surface area contributed by atoms with Gasteiger partial charge in [-0.05, 0) is 19.6 Å². The van der Waals surface area contributed by atoms with Crippen molar-refractivity contribution in [1.29, 1.82) is 0 Å². The summed E-state index contributed by atoms with van der Waals surface area (Å²) in [5.74, 6) is 0. The van der Waals surface area contributed by atoms with E-state index in [2.05, 4.69) is 13.1 Å². The largest absolute Gasteiger partial charge is 0.438 e. The van der Waals surface area contributed by atoms with Crippen molar-refractivity contribution in [2.75, 3.05) is 7.11 Å². The Bertz CT molecular complexity index is 70.5. The van der Waals surface area contributed by atoms with E-state index in [0.29, 0.717) is 0 Å². The fraction of sp³-hybridized carbons (Fsp3) is 1.00. The molecule has 0 saturated heterocycles. The van der Waals surface area contributed by atoms with Crippen molar-refractivity contribution < 1.29 is 172 Å². The molecule has 2 nitrogen and oxygen atoms in total. The van der Waals surface area contributed by atoms with Gasteiger partial charge in [0, 0.05) is 171 Å². The summed E-state index contributed by atoms with van der Waals surface area (Å²) in [5, 5.41) is 0. The van der Waals surface area contributed by atoms with E-state index in [1.807, 2.05) is 6.55 Å². The summed E-state index contributed by atoms with van der Waals surface area (Å²) in [6.07, 6.45) is 0. The van der Waals surface area contributed by atoms with E-state index in [1.165, 1.54) is 0 Å². The first kappa shape index (κ1) is 36.4. The Kier molecular flexibility index (Phi) is 74.0. The molecule has 0 aliphatic heterocycles. The zero-order chi connectivity index (χ0) is 6.57. The first-order chi connectivity index (χ1) is 3.66. The Hall–Kier alpha value is 5.87. The zero-order valence-electron chi connectivity index (χ0n) is 8.78. The van der Waals surface area contributed by atoms with E-state index in [-0.39, 0.29) is 164 Å². The predicted molar refractivity (Wildman–Crippen MR) is 38.6 cm³/mol. The van der Waals surface area contributed by atoms with Gasteiger partial charge in [-0.2, -0.15) is 0 Å². The molecule has 13 heavy (non-hydrogen) atoms. The van der Waals surface area contributed by atoms with Crippen LogP contribution in [0, 0.1) is 0 Å². The van der Waals surface area contributed by atoms with Crippen molar-refractivity contribution in [3.05, 3.63) is 0 Å². The molecule has 64 valence electrons. The fourth-order valence-electron chi connectivity index (χ4n) is 0.380. The van der Waals surface area contributed by atoms with Crippen molar-refractivity contribution in [3.8, 4) is 0 Å². The minimum Gasteiger partial charge on any atom is -0.438 e. The van der Waals surface area contributed by atoms with Gasteiger partial charge in [-0.25, -0.2) is 0 Å². The molecule has 0 aromatic carbocycles. The average Bonchev–Trinajstić information content (AvgIpc) is 1.65. The predicted octanol–water partition coefficient (Wildman–Crippen LogP) is 0.738.